The van der Waals surface area contributed by atoms with Crippen molar-refractivity contribution in [1.82, 2.24) is 9.55 Å². The zero-order chi connectivity index (χ0) is 20.9. The van der Waals surface area contributed by atoms with Crippen LogP contribution in [0.3, 0.4) is 0 Å². The van der Waals surface area contributed by atoms with E-state index in [2.05, 4.69) is 15.6 Å². The molecule has 2 aromatic carbocycles. The molecule has 3 rings (SSSR count). The van der Waals surface area contributed by atoms with Crippen LogP contribution in [0.5, 0.6) is 0 Å². The zero-order valence-electron chi connectivity index (χ0n) is 15.1. The van der Waals surface area contributed by atoms with Gasteiger partial charge in [-0.2, -0.15) is 13.2 Å². The topological polar surface area (TPSA) is 76.0 Å². The molecule has 0 aliphatic carbocycles. The molecule has 0 aliphatic heterocycles. The second-order valence-electron chi connectivity index (χ2n) is 6.21. The van der Waals surface area contributed by atoms with Crippen LogP contribution >= 0.6 is 0 Å². The van der Waals surface area contributed by atoms with Crippen molar-refractivity contribution in [2.45, 2.75) is 19.1 Å². The smallest absolute Gasteiger partial charge is 0.337 e. The number of aromatic nitrogens is 2. The first-order chi connectivity index (χ1) is 13.8. The lowest BCUT2D eigenvalue weighted by Crippen LogP contribution is -2.16. The molecule has 0 unspecified atom stereocenters. The van der Waals surface area contributed by atoms with Crippen LogP contribution in [0.1, 0.15) is 22.3 Å². The van der Waals surface area contributed by atoms with Gasteiger partial charge in [0.15, 0.2) is 0 Å². The Balaban J connectivity index is 1.59. The number of nitrogens with one attached hydrogen (secondary N) is 2. The van der Waals surface area contributed by atoms with Gasteiger partial charge in [-0.15, -0.1) is 0 Å². The number of halogens is 3. The molecule has 1 aromatic heterocycles. The van der Waals surface area contributed by atoms with E-state index in [0.717, 1.165) is 12.1 Å². The molecule has 0 radical (unpaired) electrons. The van der Waals surface area contributed by atoms with Crippen LogP contribution in [0.25, 0.3) is 0 Å². The van der Waals surface area contributed by atoms with Gasteiger partial charge in [0.25, 0.3) is 5.91 Å². The van der Waals surface area contributed by atoms with Crippen molar-refractivity contribution in [2.75, 3.05) is 10.6 Å². The Morgan fingerprint density at radius 1 is 1.00 bits per heavy atom. The number of carbonyl (C=O) groups excluding carboxylic acids is 2. The normalized spacial score (nSPS) is 11.1. The molecule has 1 heterocycles. The highest BCUT2D eigenvalue weighted by Gasteiger charge is 2.30. The summed E-state index contributed by atoms with van der Waals surface area (Å²) in [5.41, 5.74) is 0.145. The SMILES string of the molecule is O=C(CCn1ccnc1)Nc1cccc(C(=O)Nc2ccc(C(F)(F)F)cc2)c1. The summed E-state index contributed by atoms with van der Waals surface area (Å²) in [5.74, 6) is -0.724. The molecule has 0 fully saturated rings. The number of imidazole rings is 1. The van der Waals surface area contributed by atoms with E-state index in [1.54, 1.807) is 41.5 Å². The Hall–Kier alpha value is -3.62. The maximum atomic E-state index is 12.6. The fourth-order valence-corrected chi connectivity index (χ4v) is 2.56. The molecule has 0 bridgehead atoms. The maximum absolute atomic E-state index is 12.6. The van der Waals surface area contributed by atoms with E-state index in [-0.39, 0.29) is 23.6 Å². The molecule has 2 N–H and O–H groups in total. The van der Waals surface area contributed by atoms with E-state index in [0.29, 0.717) is 12.2 Å². The maximum Gasteiger partial charge on any atom is 0.416 e. The van der Waals surface area contributed by atoms with E-state index in [4.69, 9.17) is 0 Å². The van der Waals surface area contributed by atoms with Gasteiger partial charge in [0.2, 0.25) is 5.91 Å². The highest BCUT2D eigenvalue weighted by atomic mass is 19.4. The second kappa shape index (κ2) is 8.59. The quantitative estimate of drug-likeness (QED) is 0.649. The number of rotatable bonds is 6. The van der Waals surface area contributed by atoms with E-state index in [1.807, 2.05) is 0 Å². The summed E-state index contributed by atoms with van der Waals surface area (Å²) in [5, 5.41) is 5.24. The third-order valence-electron chi connectivity index (χ3n) is 4.03. The van der Waals surface area contributed by atoms with Gasteiger partial charge in [0, 0.05) is 42.3 Å². The Bertz CT molecular complexity index is 984. The van der Waals surface area contributed by atoms with Crippen molar-refractivity contribution < 1.29 is 22.8 Å². The largest absolute Gasteiger partial charge is 0.416 e. The summed E-state index contributed by atoms with van der Waals surface area (Å²) in [6.07, 6.45) is 0.779. The molecule has 0 saturated heterocycles. The minimum Gasteiger partial charge on any atom is -0.337 e. The third kappa shape index (κ3) is 5.68. The Morgan fingerprint density at radius 3 is 2.41 bits per heavy atom. The Labute approximate surface area is 164 Å². The van der Waals surface area contributed by atoms with Gasteiger partial charge in [-0.1, -0.05) is 6.07 Å². The van der Waals surface area contributed by atoms with E-state index in [9.17, 15) is 22.8 Å². The lowest BCUT2D eigenvalue weighted by molar-refractivity contribution is -0.137. The fraction of sp³-hybridized carbons (Fsp3) is 0.150. The van der Waals surface area contributed by atoms with Gasteiger partial charge in [0.05, 0.1) is 11.9 Å². The number of carbonyl (C=O) groups is 2. The highest BCUT2D eigenvalue weighted by Crippen LogP contribution is 2.29. The average molecular weight is 402 g/mol. The van der Waals surface area contributed by atoms with Crippen molar-refractivity contribution in [3.8, 4) is 0 Å². The first-order valence-corrected chi connectivity index (χ1v) is 8.65. The van der Waals surface area contributed by atoms with Crippen molar-refractivity contribution in [3.63, 3.8) is 0 Å². The number of benzene rings is 2. The predicted molar refractivity (Wildman–Crippen MR) is 101 cm³/mol. The molecule has 3 aromatic rings. The molecule has 0 atom stereocenters. The molecule has 150 valence electrons. The Morgan fingerprint density at radius 2 is 1.76 bits per heavy atom. The number of nitrogens with zero attached hydrogens (tertiary/aromatic N) is 2. The van der Waals surface area contributed by atoms with Gasteiger partial charge in [-0.05, 0) is 42.5 Å². The lowest BCUT2D eigenvalue weighted by Gasteiger charge is -2.10. The first kappa shape index (κ1) is 20.1. The minimum atomic E-state index is -4.44. The van der Waals surface area contributed by atoms with Crippen LogP contribution in [-0.2, 0) is 17.5 Å². The van der Waals surface area contributed by atoms with Gasteiger partial charge < -0.3 is 15.2 Å². The standard InChI is InChI=1S/C20H17F3N4O2/c21-20(22,23)15-4-6-16(7-5-15)26-19(29)14-2-1-3-17(12-14)25-18(28)8-10-27-11-9-24-13-27/h1-7,9,11-13H,8,10H2,(H,25,28)(H,26,29). The summed E-state index contributed by atoms with van der Waals surface area (Å²) in [6, 6.07) is 10.4. The average Bonchev–Trinajstić information content (AvgIpc) is 3.20. The van der Waals surface area contributed by atoms with Gasteiger partial charge in [0.1, 0.15) is 0 Å². The van der Waals surface area contributed by atoms with Gasteiger partial charge >= 0.3 is 6.18 Å². The monoisotopic (exact) mass is 402 g/mol. The predicted octanol–water partition coefficient (Wildman–Crippen LogP) is 4.18. The van der Waals surface area contributed by atoms with Gasteiger partial charge in [-0.25, -0.2) is 4.98 Å². The molecule has 6 nitrogen and oxygen atoms in total. The van der Waals surface area contributed by atoms with Crippen molar-refractivity contribution in [1.29, 1.82) is 0 Å². The molecular weight excluding hydrogens is 385 g/mol. The number of hydrogen-bond donors (Lipinski definition) is 2. The number of aryl methyl sites for hydroxylation is 1. The highest BCUT2D eigenvalue weighted by molar-refractivity contribution is 6.05. The first-order valence-electron chi connectivity index (χ1n) is 8.65. The van der Waals surface area contributed by atoms with Crippen molar-refractivity contribution in [3.05, 3.63) is 78.4 Å². The minimum absolute atomic E-state index is 0.223. The molecule has 0 aliphatic rings. The van der Waals surface area contributed by atoms with Crippen LogP contribution in [0.2, 0.25) is 0 Å². The second-order valence-corrected chi connectivity index (χ2v) is 6.21. The van der Waals surface area contributed by atoms with Crippen LogP contribution in [0.4, 0.5) is 24.5 Å². The summed E-state index contributed by atoms with van der Waals surface area (Å²) in [6.45, 7) is 0.472. The number of hydrogen-bond acceptors (Lipinski definition) is 3. The van der Waals surface area contributed by atoms with E-state index < -0.39 is 17.6 Å². The number of anilines is 2. The zero-order valence-corrected chi connectivity index (χ0v) is 15.1. The molecule has 0 saturated carbocycles. The van der Waals surface area contributed by atoms with Crippen molar-refractivity contribution in [2.24, 2.45) is 0 Å². The fourth-order valence-electron chi connectivity index (χ4n) is 2.56. The number of alkyl halides is 3. The van der Waals surface area contributed by atoms with E-state index in [1.165, 1.54) is 18.2 Å². The number of amides is 2. The van der Waals surface area contributed by atoms with Crippen molar-refractivity contribution >= 4 is 23.2 Å². The Kier molecular flexibility index (Phi) is 5.96. The molecule has 29 heavy (non-hydrogen) atoms. The lowest BCUT2D eigenvalue weighted by atomic mass is 10.1. The summed E-state index contributed by atoms with van der Waals surface area (Å²) in [7, 11) is 0. The van der Waals surface area contributed by atoms with Crippen LogP contribution in [0.15, 0.2) is 67.3 Å². The third-order valence-corrected chi connectivity index (χ3v) is 4.03. The summed E-state index contributed by atoms with van der Waals surface area (Å²) in [4.78, 5) is 28.3. The van der Waals surface area contributed by atoms with Crippen LogP contribution < -0.4 is 10.6 Å². The summed E-state index contributed by atoms with van der Waals surface area (Å²) >= 11 is 0. The van der Waals surface area contributed by atoms with E-state index >= 15 is 0 Å². The molecule has 9 heteroatoms. The summed E-state index contributed by atoms with van der Waals surface area (Å²) < 4.78 is 39.6. The molecular formula is C20H17F3N4O2. The van der Waals surface area contributed by atoms with Crippen LogP contribution in [-0.4, -0.2) is 21.4 Å². The molecule has 2 amide bonds. The van der Waals surface area contributed by atoms with Gasteiger partial charge in [-0.3, -0.25) is 9.59 Å². The van der Waals surface area contributed by atoms with Crippen LogP contribution in [0, 0.1) is 0 Å². The molecule has 0 spiro atoms.